The second-order valence-electron chi connectivity index (χ2n) is 4.66. The highest BCUT2D eigenvalue weighted by atomic mass is 32.2. The predicted molar refractivity (Wildman–Crippen MR) is 66.1 cm³/mol. The molecular weight excluding hydrogens is 242 g/mol. The minimum Gasteiger partial charge on any atom is -0.351 e. The zero-order valence-corrected chi connectivity index (χ0v) is 11.4. The molecule has 1 saturated heterocycles. The third kappa shape index (κ3) is 4.61. The molecule has 6 nitrogen and oxygen atoms in total. The maximum Gasteiger partial charge on any atom is 0.235 e. The first-order valence-electron chi connectivity index (χ1n) is 5.72. The molecule has 2 N–H and O–H groups in total. The molecule has 0 bridgehead atoms. The summed E-state index contributed by atoms with van der Waals surface area (Å²) in [5.41, 5.74) is 0. The van der Waals surface area contributed by atoms with Crippen LogP contribution in [0.25, 0.3) is 0 Å². The summed E-state index contributed by atoms with van der Waals surface area (Å²) in [6.45, 7) is 3.68. The minimum absolute atomic E-state index is 0.0872. The monoisotopic (exact) mass is 263 g/mol. The summed E-state index contributed by atoms with van der Waals surface area (Å²) in [5, 5.41) is 6.07. The number of carbonyl (C=O) groups is 1. The molecule has 1 aliphatic rings. The van der Waals surface area contributed by atoms with Gasteiger partial charge in [-0.1, -0.05) is 6.92 Å². The molecule has 0 aliphatic carbocycles. The first-order chi connectivity index (χ1) is 7.80. The highest BCUT2D eigenvalue weighted by Crippen LogP contribution is 2.10. The van der Waals surface area contributed by atoms with E-state index in [2.05, 4.69) is 17.6 Å². The van der Waals surface area contributed by atoms with Gasteiger partial charge in [-0.3, -0.25) is 4.79 Å². The van der Waals surface area contributed by atoms with E-state index in [1.807, 2.05) is 0 Å². The van der Waals surface area contributed by atoms with Crippen LogP contribution in [0.3, 0.4) is 0 Å². The van der Waals surface area contributed by atoms with Crippen LogP contribution in [0.5, 0.6) is 0 Å². The number of carbonyl (C=O) groups excluding carboxylic acids is 1. The standard InChI is InChI=1S/C10H21N3O3S/c1-8-4-5-11-6-9(8)12-10(14)7-13(2)17(3,15)16/h8-9,11H,4-7H2,1-3H3,(H,12,14). The van der Waals surface area contributed by atoms with E-state index >= 15 is 0 Å². The van der Waals surface area contributed by atoms with E-state index in [9.17, 15) is 13.2 Å². The van der Waals surface area contributed by atoms with E-state index in [4.69, 9.17) is 0 Å². The van der Waals surface area contributed by atoms with Crippen LogP contribution in [-0.4, -0.2) is 57.6 Å². The molecular formula is C10H21N3O3S. The molecule has 0 radical (unpaired) electrons. The number of amides is 1. The van der Waals surface area contributed by atoms with Crippen molar-refractivity contribution in [3.63, 3.8) is 0 Å². The summed E-state index contributed by atoms with van der Waals surface area (Å²) in [7, 11) is -1.90. The van der Waals surface area contributed by atoms with E-state index in [0.717, 1.165) is 30.1 Å². The summed E-state index contributed by atoms with van der Waals surface area (Å²) in [4.78, 5) is 11.7. The largest absolute Gasteiger partial charge is 0.351 e. The van der Waals surface area contributed by atoms with Gasteiger partial charge in [-0.15, -0.1) is 0 Å². The van der Waals surface area contributed by atoms with E-state index in [1.165, 1.54) is 7.05 Å². The van der Waals surface area contributed by atoms with Crippen molar-refractivity contribution < 1.29 is 13.2 Å². The van der Waals surface area contributed by atoms with Gasteiger partial charge in [-0.05, 0) is 18.9 Å². The molecule has 0 spiro atoms. The highest BCUT2D eigenvalue weighted by molar-refractivity contribution is 7.88. The Bertz CT molecular complexity index is 369. The second-order valence-corrected chi connectivity index (χ2v) is 6.75. The Labute approximate surface area is 103 Å². The lowest BCUT2D eigenvalue weighted by Crippen LogP contribution is -2.52. The van der Waals surface area contributed by atoms with Gasteiger partial charge < -0.3 is 10.6 Å². The van der Waals surface area contributed by atoms with Crippen molar-refractivity contribution >= 4 is 15.9 Å². The van der Waals surface area contributed by atoms with Crippen molar-refractivity contribution in [3.8, 4) is 0 Å². The lowest BCUT2D eigenvalue weighted by molar-refractivity contribution is -0.122. The Morgan fingerprint density at radius 1 is 1.53 bits per heavy atom. The van der Waals surface area contributed by atoms with Crippen LogP contribution < -0.4 is 10.6 Å². The molecule has 1 aliphatic heterocycles. The average Bonchev–Trinajstić information content (AvgIpc) is 2.20. The topological polar surface area (TPSA) is 78.5 Å². The van der Waals surface area contributed by atoms with Crippen molar-refractivity contribution in [1.29, 1.82) is 0 Å². The Kier molecular flexibility index (Phi) is 4.91. The van der Waals surface area contributed by atoms with Gasteiger partial charge in [-0.25, -0.2) is 8.42 Å². The maximum absolute atomic E-state index is 11.7. The zero-order valence-electron chi connectivity index (χ0n) is 10.6. The fourth-order valence-corrected chi connectivity index (χ4v) is 2.11. The van der Waals surface area contributed by atoms with Crippen LogP contribution in [0.15, 0.2) is 0 Å². The van der Waals surface area contributed by atoms with Gasteiger partial charge in [0, 0.05) is 19.6 Å². The number of hydrogen-bond donors (Lipinski definition) is 2. The summed E-state index contributed by atoms with van der Waals surface area (Å²) < 4.78 is 23.4. The molecule has 2 atom stereocenters. The molecule has 1 fully saturated rings. The lowest BCUT2D eigenvalue weighted by Gasteiger charge is -2.30. The zero-order chi connectivity index (χ0) is 13.1. The Morgan fingerprint density at radius 2 is 2.18 bits per heavy atom. The molecule has 0 aromatic carbocycles. The lowest BCUT2D eigenvalue weighted by atomic mass is 9.95. The number of nitrogens with zero attached hydrogens (tertiary/aromatic N) is 1. The smallest absolute Gasteiger partial charge is 0.235 e. The summed E-state index contributed by atoms with van der Waals surface area (Å²) in [6, 6.07) is 0.0872. The van der Waals surface area contributed by atoms with Crippen LogP contribution in [0, 0.1) is 5.92 Å². The maximum atomic E-state index is 11.7. The van der Waals surface area contributed by atoms with Crippen LogP contribution in [0.1, 0.15) is 13.3 Å². The molecule has 7 heteroatoms. The quantitative estimate of drug-likeness (QED) is 0.681. The second kappa shape index (κ2) is 5.79. The van der Waals surface area contributed by atoms with Crippen molar-refractivity contribution in [3.05, 3.63) is 0 Å². The van der Waals surface area contributed by atoms with Gasteiger partial charge in [0.1, 0.15) is 0 Å². The fourth-order valence-electron chi connectivity index (χ4n) is 1.75. The molecule has 0 aromatic rings. The summed E-state index contributed by atoms with van der Waals surface area (Å²) in [5.74, 6) is 0.169. The molecule has 1 rings (SSSR count). The number of hydrogen-bond acceptors (Lipinski definition) is 4. The Balaban J connectivity index is 2.44. The number of likely N-dealkylation sites (N-methyl/N-ethyl adjacent to an activating group) is 1. The van der Waals surface area contributed by atoms with E-state index in [1.54, 1.807) is 0 Å². The summed E-state index contributed by atoms with van der Waals surface area (Å²) >= 11 is 0. The van der Waals surface area contributed by atoms with Crippen molar-refractivity contribution in [2.45, 2.75) is 19.4 Å². The fraction of sp³-hybridized carbons (Fsp3) is 0.900. The first kappa shape index (κ1) is 14.4. The van der Waals surface area contributed by atoms with Crippen LogP contribution >= 0.6 is 0 Å². The van der Waals surface area contributed by atoms with Gasteiger partial charge in [-0.2, -0.15) is 4.31 Å². The average molecular weight is 263 g/mol. The van der Waals surface area contributed by atoms with Gasteiger partial charge in [0.05, 0.1) is 12.8 Å². The normalized spacial score (nSPS) is 25.9. The van der Waals surface area contributed by atoms with Gasteiger partial charge in [0.2, 0.25) is 15.9 Å². The minimum atomic E-state index is -3.30. The molecule has 1 heterocycles. The van der Waals surface area contributed by atoms with Crippen molar-refractivity contribution in [2.75, 3.05) is 32.9 Å². The molecule has 2 unspecified atom stereocenters. The van der Waals surface area contributed by atoms with Gasteiger partial charge in [0.25, 0.3) is 0 Å². The number of rotatable bonds is 4. The molecule has 0 saturated carbocycles. The predicted octanol–water partition coefficient (Wildman–Crippen LogP) is -1.01. The molecule has 17 heavy (non-hydrogen) atoms. The van der Waals surface area contributed by atoms with Crippen molar-refractivity contribution in [2.24, 2.45) is 5.92 Å². The number of sulfonamides is 1. The van der Waals surface area contributed by atoms with Crippen molar-refractivity contribution in [1.82, 2.24) is 14.9 Å². The Morgan fingerprint density at radius 3 is 2.71 bits per heavy atom. The van der Waals surface area contributed by atoms with Crippen LogP contribution in [-0.2, 0) is 14.8 Å². The van der Waals surface area contributed by atoms with Gasteiger partial charge in [0.15, 0.2) is 0 Å². The van der Waals surface area contributed by atoms with E-state index < -0.39 is 10.0 Å². The molecule has 100 valence electrons. The van der Waals surface area contributed by atoms with E-state index in [0.29, 0.717) is 5.92 Å². The third-order valence-electron chi connectivity index (χ3n) is 3.11. The Hall–Kier alpha value is -0.660. The third-order valence-corrected chi connectivity index (χ3v) is 4.37. The van der Waals surface area contributed by atoms with Crippen LogP contribution in [0.2, 0.25) is 0 Å². The van der Waals surface area contributed by atoms with Crippen LogP contribution in [0.4, 0.5) is 0 Å². The number of nitrogens with one attached hydrogen (secondary N) is 2. The SMILES string of the molecule is CC1CCNCC1NC(=O)CN(C)S(C)(=O)=O. The highest BCUT2D eigenvalue weighted by Gasteiger charge is 2.24. The van der Waals surface area contributed by atoms with Gasteiger partial charge >= 0.3 is 0 Å². The molecule has 0 aromatic heterocycles. The molecule has 1 amide bonds. The summed E-state index contributed by atoms with van der Waals surface area (Å²) in [6.07, 6.45) is 2.11. The number of piperidine rings is 1. The first-order valence-corrected chi connectivity index (χ1v) is 7.57. The van der Waals surface area contributed by atoms with E-state index in [-0.39, 0.29) is 18.5 Å².